The van der Waals surface area contributed by atoms with Crippen LogP contribution in [0.2, 0.25) is 5.15 Å². The van der Waals surface area contributed by atoms with E-state index in [1.165, 1.54) is 11.1 Å². The van der Waals surface area contributed by atoms with Crippen molar-refractivity contribution in [2.45, 2.75) is 39.8 Å². The summed E-state index contributed by atoms with van der Waals surface area (Å²) in [6, 6.07) is 9.05. The highest BCUT2D eigenvalue weighted by Gasteiger charge is 2.12. The second kappa shape index (κ2) is 6.42. The molecule has 0 aliphatic rings. The van der Waals surface area contributed by atoms with E-state index in [1.54, 1.807) is 4.68 Å². The Labute approximate surface area is 126 Å². The summed E-state index contributed by atoms with van der Waals surface area (Å²) in [6.07, 6.45) is 1.08. The molecule has 3 nitrogen and oxygen atoms in total. The quantitative estimate of drug-likeness (QED) is 0.908. The number of nitrogens with one attached hydrogen (secondary N) is 1. The first kappa shape index (κ1) is 15.1. The first-order valence-corrected chi connectivity index (χ1v) is 7.41. The second-order valence-electron chi connectivity index (χ2n) is 5.18. The molecule has 4 heteroatoms. The maximum absolute atomic E-state index is 6.24. The molecule has 0 radical (unpaired) electrons. The van der Waals surface area contributed by atoms with Crippen molar-refractivity contribution >= 4 is 11.6 Å². The van der Waals surface area contributed by atoms with Crippen molar-refractivity contribution in [2.24, 2.45) is 7.05 Å². The highest BCUT2D eigenvalue weighted by molar-refractivity contribution is 6.30. The van der Waals surface area contributed by atoms with Crippen LogP contribution in [0.3, 0.4) is 0 Å². The lowest BCUT2D eigenvalue weighted by Gasteiger charge is -2.14. The number of aryl methyl sites for hydroxylation is 3. The number of aromatic nitrogens is 2. The zero-order valence-corrected chi connectivity index (χ0v) is 13.3. The monoisotopic (exact) mass is 291 g/mol. The van der Waals surface area contributed by atoms with Crippen LogP contribution in [0.4, 0.5) is 0 Å². The first-order chi connectivity index (χ1) is 9.52. The lowest BCUT2D eigenvalue weighted by atomic mass is 10.0. The van der Waals surface area contributed by atoms with Crippen LogP contribution in [0, 0.1) is 6.92 Å². The van der Waals surface area contributed by atoms with Gasteiger partial charge in [-0.05, 0) is 31.4 Å². The van der Waals surface area contributed by atoms with Gasteiger partial charge in [0.05, 0.1) is 5.69 Å². The van der Waals surface area contributed by atoms with Gasteiger partial charge in [0, 0.05) is 25.2 Å². The van der Waals surface area contributed by atoms with Gasteiger partial charge in [-0.1, -0.05) is 42.8 Å². The molecule has 2 aromatic rings. The van der Waals surface area contributed by atoms with Crippen LogP contribution in [0.5, 0.6) is 0 Å². The largest absolute Gasteiger partial charge is 0.306 e. The molecule has 1 aromatic heterocycles. The van der Waals surface area contributed by atoms with Crippen molar-refractivity contribution in [3.8, 4) is 0 Å². The number of hydrogen-bond donors (Lipinski definition) is 1. The van der Waals surface area contributed by atoms with Crippen molar-refractivity contribution in [1.82, 2.24) is 15.1 Å². The maximum atomic E-state index is 6.24. The van der Waals surface area contributed by atoms with E-state index >= 15 is 0 Å². The Bertz CT molecular complexity index is 572. The SMILES string of the molecule is CCc1ccc(C(C)NCc2c(C)nn(C)c2Cl)cc1. The van der Waals surface area contributed by atoms with E-state index in [4.69, 9.17) is 11.6 Å². The third-order valence-electron chi connectivity index (χ3n) is 3.74. The predicted molar refractivity (Wildman–Crippen MR) is 84.0 cm³/mol. The smallest absolute Gasteiger partial charge is 0.131 e. The summed E-state index contributed by atoms with van der Waals surface area (Å²) in [5.74, 6) is 0. The van der Waals surface area contributed by atoms with Gasteiger partial charge in [0.1, 0.15) is 5.15 Å². The van der Waals surface area contributed by atoms with Gasteiger partial charge in [0.15, 0.2) is 0 Å². The normalized spacial score (nSPS) is 12.7. The molecule has 1 aromatic carbocycles. The van der Waals surface area contributed by atoms with Gasteiger partial charge in [-0.25, -0.2) is 0 Å². The van der Waals surface area contributed by atoms with Crippen LogP contribution in [-0.2, 0) is 20.0 Å². The zero-order chi connectivity index (χ0) is 14.7. The highest BCUT2D eigenvalue weighted by Crippen LogP contribution is 2.20. The average molecular weight is 292 g/mol. The Morgan fingerprint density at radius 1 is 1.30 bits per heavy atom. The minimum absolute atomic E-state index is 0.288. The molecule has 0 aliphatic heterocycles. The van der Waals surface area contributed by atoms with Crippen LogP contribution >= 0.6 is 11.6 Å². The van der Waals surface area contributed by atoms with Crippen LogP contribution < -0.4 is 5.32 Å². The summed E-state index contributed by atoms with van der Waals surface area (Å²) in [6.45, 7) is 7.06. The van der Waals surface area contributed by atoms with Crippen molar-refractivity contribution < 1.29 is 0 Å². The molecular weight excluding hydrogens is 270 g/mol. The molecule has 1 N–H and O–H groups in total. The molecule has 0 bridgehead atoms. The van der Waals surface area contributed by atoms with E-state index in [0.29, 0.717) is 5.15 Å². The summed E-state index contributed by atoms with van der Waals surface area (Å²) in [7, 11) is 1.87. The van der Waals surface area contributed by atoms with Crippen LogP contribution in [0.15, 0.2) is 24.3 Å². The summed E-state index contributed by atoms with van der Waals surface area (Å²) in [5, 5.41) is 8.55. The van der Waals surface area contributed by atoms with Gasteiger partial charge in [-0.15, -0.1) is 0 Å². The topological polar surface area (TPSA) is 29.9 Å². The number of halogens is 1. The standard InChI is InChI=1S/C16H22ClN3/c1-5-13-6-8-14(9-7-13)11(2)18-10-15-12(3)19-20(4)16(15)17/h6-9,11,18H,5,10H2,1-4H3. The zero-order valence-electron chi connectivity index (χ0n) is 12.6. The lowest BCUT2D eigenvalue weighted by molar-refractivity contribution is 0.573. The van der Waals surface area contributed by atoms with E-state index in [0.717, 1.165) is 24.2 Å². The van der Waals surface area contributed by atoms with E-state index in [9.17, 15) is 0 Å². The Morgan fingerprint density at radius 2 is 1.95 bits per heavy atom. The fourth-order valence-electron chi connectivity index (χ4n) is 2.29. The summed E-state index contributed by atoms with van der Waals surface area (Å²) in [4.78, 5) is 0. The second-order valence-corrected chi connectivity index (χ2v) is 5.53. The van der Waals surface area contributed by atoms with E-state index in [2.05, 4.69) is 48.5 Å². The summed E-state index contributed by atoms with van der Waals surface area (Å²) in [5.41, 5.74) is 4.72. The molecule has 0 saturated carbocycles. The van der Waals surface area contributed by atoms with Gasteiger partial charge in [0.25, 0.3) is 0 Å². The van der Waals surface area contributed by atoms with Gasteiger partial charge in [-0.2, -0.15) is 5.10 Å². The minimum Gasteiger partial charge on any atom is -0.306 e. The number of nitrogens with zero attached hydrogens (tertiary/aromatic N) is 2. The average Bonchev–Trinajstić information content (AvgIpc) is 2.70. The fourth-order valence-corrected chi connectivity index (χ4v) is 2.53. The molecule has 2 rings (SSSR count). The molecule has 108 valence electrons. The third kappa shape index (κ3) is 3.22. The molecule has 0 saturated heterocycles. The molecule has 20 heavy (non-hydrogen) atoms. The fraction of sp³-hybridized carbons (Fsp3) is 0.438. The van der Waals surface area contributed by atoms with Crippen LogP contribution in [0.25, 0.3) is 0 Å². The molecule has 1 atom stereocenters. The Hall–Kier alpha value is -1.32. The molecule has 0 spiro atoms. The molecule has 0 amide bonds. The molecular formula is C16H22ClN3. The van der Waals surface area contributed by atoms with E-state index in [-0.39, 0.29) is 6.04 Å². The summed E-state index contributed by atoms with van der Waals surface area (Å²) < 4.78 is 1.72. The predicted octanol–water partition coefficient (Wildman–Crippen LogP) is 3.80. The number of benzene rings is 1. The molecule has 0 aliphatic carbocycles. The van der Waals surface area contributed by atoms with E-state index in [1.807, 2.05) is 14.0 Å². The lowest BCUT2D eigenvalue weighted by Crippen LogP contribution is -2.18. The molecule has 1 heterocycles. The molecule has 0 fully saturated rings. The Balaban J connectivity index is 2.02. The first-order valence-electron chi connectivity index (χ1n) is 7.03. The Morgan fingerprint density at radius 3 is 2.45 bits per heavy atom. The number of rotatable bonds is 5. The van der Waals surface area contributed by atoms with Gasteiger partial charge >= 0.3 is 0 Å². The number of hydrogen-bond acceptors (Lipinski definition) is 2. The summed E-state index contributed by atoms with van der Waals surface area (Å²) >= 11 is 6.24. The van der Waals surface area contributed by atoms with Gasteiger partial charge < -0.3 is 5.32 Å². The van der Waals surface area contributed by atoms with Crippen molar-refractivity contribution in [3.63, 3.8) is 0 Å². The van der Waals surface area contributed by atoms with Gasteiger partial charge in [0.2, 0.25) is 0 Å². The van der Waals surface area contributed by atoms with Crippen LogP contribution in [-0.4, -0.2) is 9.78 Å². The van der Waals surface area contributed by atoms with Crippen LogP contribution in [0.1, 0.15) is 42.3 Å². The highest BCUT2D eigenvalue weighted by atomic mass is 35.5. The van der Waals surface area contributed by atoms with Gasteiger partial charge in [-0.3, -0.25) is 4.68 Å². The van der Waals surface area contributed by atoms with E-state index < -0.39 is 0 Å². The third-order valence-corrected chi connectivity index (χ3v) is 4.22. The molecule has 1 unspecified atom stereocenters. The van der Waals surface area contributed by atoms with Crippen molar-refractivity contribution in [2.75, 3.05) is 0 Å². The van der Waals surface area contributed by atoms with Crippen molar-refractivity contribution in [1.29, 1.82) is 0 Å². The maximum Gasteiger partial charge on any atom is 0.131 e. The van der Waals surface area contributed by atoms with Crippen molar-refractivity contribution in [3.05, 3.63) is 51.8 Å². The minimum atomic E-state index is 0.288. The Kier molecular flexibility index (Phi) is 4.84.